The van der Waals surface area contributed by atoms with E-state index in [2.05, 4.69) is 15.1 Å². The second-order valence-corrected chi connectivity index (χ2v) is 8.06. The third-order valence-corrected chi connectivity index (χ3v) is 5.53. The number of aromatic nitrogens is 4. The van der Waals surface area contributed by atoms with E-state index in [0.717, 1.165) is 15.8 Å². The third kappa shape index (κ3) is 3.63. The monoisotopic (exact) mass is 411 g/mol. The highest BCUT2D eigenvalue weighted by Crippen LogP contribution is 2.32. The van der Waals surface area contributed by atoms with Crippen LogP contribution in [0.3, 0.4) is 0 Å². The fourth-order valence-corrected chi connectivity index (χ4v) is 4.17. The van der Waals surface area contributed by atoms with Crippen LogP contribution in [0.15, 0.2) is 55.0 Å². The van der Waals surface area contributed by atoms with Gasteiger partial charge in [-0.3, -0.25) is 19.4 Å². The SMILES string of the molecule is CC(C)n1nccc1C(=O)N(Cc1cccnc1)c1nc2ccc(Cl)cc2s1. The van der Waals surface area contributed by atoms with E-state index in [9.17, 15) is 4.79 Å². The first-order valence-corrected chi connectivity index (χ1v) is 10.0. The minimum atomic E-state index is -0.153. The zero-order valence-electron chi connectivity index (χ0n) is 15.4. The van der Waals surface area contributed by atoms with Gasteiger partial charge in [-0.2, -0.15) is 5.10 Å². The first-order valence-electron chi connectivity index (χ1n) is 8.83. The summed E-state index contributed by atoms with van der Waals surface area (Å²) in [6.07, 6.45) is 5.11. The zero-order chi connectivity index (χ0) is 19.7. The number of nitrogens with zero attached hydrogens (tertiary/aromatic N) is 5. The molecule has 0 N–H and O–H groups in total. The van der Waals surface area contributed by atoms with Crippen LogP contribution < -0.4 is 4.90 Å². The molecule has 3 aromatic heterocycles. The maximum absolute atomic E-state index is 13.5. The number of carbonyl (C=O) groups is 1. The van der Waals surface area contributed by atoms with Crippen LogP contribution in [0.1, 0.15) is 35.9 Å². The average molecular weight is 412 g/mol. The average Bonchev–Trinajstić information content (AvgIpc) is 3.33. The van der Waals surface area contributed by atoms with Gasteiger partial charge in [0.15, 0.2) is 5.13 Å². The van der Waals surface area contributed by atoms with E-state index >= 15 is 0 Å². The molecule has 0 fully saturated rings. The smallest absolute Gasteiger partial charge is 0.278 e. The molecule has 6 nitrogen and oxygen atoms in total. The van der Waals surface area contributed by atoms with Crippen molar-refractivity contribution in [3.05, 3.63) is 71.3 Å². The Morgan fingerprint density at radius 3 is 2.86 bits per heavy atom. The maximum Gasteiger partial charge on any atom is 0.278 e. The van der Waals surface area contributed by atoms with Crippen LogP contribution in [0.2, 0.25) is 5.02 Å². The Balaban J connectivity index is 1.78. The summed E-state index contributed by atoms with van der Waals surface area (Å²) in [5, 5.41) is 5.55. The Morgan fingerprint density at radius 1 is 1.25 bits per heavy atom. The minimum Gasteiger partial charge on any atom is -0.278 e. The fourth-order valence-electron chi connectivity index (χ4n) is 2.94. The van der Waals surface area contributed by atoms with Crippen molar-refractivity contribution in [2.24, 2.45) is 0 Å². The summed E-state index contributed by atoms with van der Waals surface area (Å²) in [5.41, 5.74) is 2.26. The predicted octanol–water partition coefficient (Wildman–Crippen LogP) is 4.97. The molecule has 0 unspecified atom stereocenters. The molecule has 0 saturated carbocycles. The van der Waals surface area contributed by atoms with Gasteiger partial charge in [0.05, 0.1) is 16.8 Å². The number of pyridine rings is 1. The molecule has 1 aromatic carbocycles. The fraction of sp³-hybridized carbons (Fsp3) is 0.200. The number of fused-ring (bicyclic) bond motifs is 1. The summed E-state index contributed by atoms with van der Waals surface area (Å²) in [6, 6.07) is 11.1. The van der Waals surface area contributed by atoms with Crippen molar-refractivity contribution in [3.63, 3.8) is 0 Å². The summed E-state index contributed by atoms with van der Waals surface area (Å²) >= 11 is 7.55. The molecule has 1 amide bonds. The summed E-state index contributed by atoms with van der Waals surface area (Å²) in [4.78, 5) is 24.0. The molecule has 0 aliphatic rings. The van der Waals surface area contributed by atoms with E-state index in [1.807, 2.05) is 38.1 Å². The van der Waals surface area contributed by atoms with Crippen molar-refractivity contribution >= 4 is 44.2 Å². The third-order valence-electron chi connectivity index (χ3n) is 4.26. The molecular weight excluding hydrogens is 394 g/mol. The van der Waals surface area contributed by atoms with E-state index < -0.39 is 0 Å². The van der Waals surface area contributed by atoms with Crippen LogP contribution >= 0.6 is 22.9 Å². The topological polar surface area (TPSA) is 63.9 Å². The molecule has 0 aliphatic carbocycles. The van der Waals surface area contributed by atoms with Gasteiger partial charge >= 0.3 is 0 Å². The Kier molecular flexibility index (Phi) is 5.11. The van der Waals surface area contributed by atoms with Crippen LogP contribution in [-0.4, -0.2) is 25.7 Å². The molecular formula is C20H18ClN5OS. The van der Waals surface area contributed by atoms with Crippen LogP contribution in [0.25, 0.3) is 10.2 Å². The van der Waals surface area contributed by atoms with Crippen LogP contribution in [0.4, 0.5) is 5.13 Å². The number of halogens is 1. The molecule has 28 heavy (non-hydrogen) atoms. The number of carbonyl (C=O) groups excluding carboxylic acids is 1. The van der Waals surface area contributed by atoms with Gasteiger partial charge in [-0.15, -0.1) is 0 Å². The molecule has 0 radical (unpaired) electrons. The number of hydrogen-bond donors (Lipinski definition) is 0. The number of benzene rings is 1. The molecule has 0 spiro atoms. The minimum absolute atomic E-state index is 0.0726. The van der Waals surface area contributed by atoms with Gasteiger partial charge in [-0.05, 0) is 49.7 Å². The Morgan fingerprint density at radius 2 is 2.11 bits per heavy atom. The van der Waals surface area contributed by atoms with Crippen molar-refractivity contribution in [1.82, 2.24) is 19.7 Å². The van der Waals surface area contributed by atoms with Crippen molar-refractivity contribution in [2.75, 3.05) is 4.90 Å². The highest BCUT2D eigenvalue weighted by molar-refractivity contribution is 7.22. The molecule has 8 heteroatoms. The summed E-state index contributed by atoms with van der Waals surface area (Å²) in [7, 11) is 0. The molecule has 4 rings (SSSR count). The van der Waals surface area contributed by atoms with Crippen molar-refractivity contribution in [3.8, 4) is 0 Å². The van der Waals surface area contributed by atoms with Crippen molar-refractivity contribution < 1.29 is 4.79 Å². The number of anilines is 1. The highest BCUT2D eigenvalue weighted by atomic mass is 35.5. The number of amides is 1. The van der Waals surface area contributed by atoms with Crippen molar-refractivity contribution in [1.29, 1.82) is 0 Å². The lowest BCUT2D eigenvalue weighted by atomic mass is 10.2. The first kappa shape index (κ1) is 18.6. The molecule has 142 valence electrons. The molecule has 0 atom stereocenters. The van der Waals surface area contributed by atoms with Gasteiger partial charge in [0.2, 0.25) is 0 Å². The zero-order valence-corrected chi connectivity index (χ0v) is 17.0. The molecule has 3 heterocycles. The van der Waals surface area contributed by atoms with Gasteiger partial charge in [0, 0.05) is 29.7 Å². The number of rotatable bonds is 5. The normalized spacial score (nSPS) is 11.3. The molecule has 0 saturated heterocycles. The molecule has 0 bridgehead atoms. The summed E-state index contributed by atoms with van der Waals surface area (Å²) in [6.45, 7) is 4.35. The number of thiazole rings is 1. The van der Waals surface area contributed by atoms with E-state index in [4.69, 9.17) is 11.6 Å². The lowest BCUT2D eigenvalue weighted by Gasteiger charge is -2.21. The summed E-state index contributed by atoms with van der Waals surface area (Å²) < 4.78 is 2.66. The molecule has 0 aliphatic heterocycles. The van der Waals surface area contributed by atoms with E-state index in [0.29, 0.717) is 22.4 Å². The van der Waals surface area contributed by atoms with Crippen LogP contribution in [-0.2, 0) is 6.54 Å². The van der Waals surface area contributed by atoms with E-state index in [-0.39, 0.29) is 11.9 Å². The van der Waals surface area contributed by atoms with Gasteiger partial charge < -0.3 is 0 Å². The Hall–Kier alpha value is -2.77. The molecule has 4 aromatic rings. The quantitative estimate of drug-likeness (QED) is 0.465. The second-order valence-electron chi connectivity index (χ2n) is 6.62. The lowest BCUT2D eigenvalue weighted by Crippen LogP contribution is -2.32. The van der Waals surface area contributed by atoms with Gasteiger partial charge in [-0.1, -0.05) is 29.0 Å². The van der Waals surface area contributed by atoms with Gasteiger partial charge in [0.1, 0.15) is 5.69 Å². The highest BCUT2D eigenvalue weighted by Gasteiger charge is 2.25. The largest absolute Gasteiger partial charge is 0.278 e. The first-order chi connectivity index (χ1) is 13.5. The van der Waals surface area contributed by atoms with Crippen molar-refractivity contribution in [2.45, 2.75) is 26.4 Å². The van der Waals surface area contributed by atoms with Gasteiger partial charge in [-0.25, -0.2) is 4.98 Å². The Bertz CT molecular complexity index is 1120. The van der Waals surface area contributed by atoms with E-state index in [1.165, 1.54) is 11.3 Å². The summed E-state index contributed by atoms with van der Waals surface area (Å²) in [5.74, 6) is -0.153. The van der Waals surface area contributed by atoms with E-state index in [1.54, 1.807) is 40.3 Å². The van der Waals surface area contributed by atoms with Crippen LogP contribution in [0, 0.1) is 0 Å². The number of hydrogen-bond acceptors (Lipinski definition) is 5. The lowest BCUT2D eigenvalue weighted by molar-refractivity contribution is 0.0973. The second kappa shape index (κ2) is 7.69. The van der Waals surface area contributed by atoms with Gasteiger partial charge in [0.25, 0.3) is 5.91 Å². The maximum atomic E-state index is 13.5. The predicted molar refractivity (Wildman–Crippen MR) is 112 cm³/mol. The standard InChI is InChI=1S/C20H18ClN5OS/c1-13(2)26-17(7-9-23-26)19(27)25(12-14-4-3-8-22-11-14)20-24-16-6-5-15(21)10-18(16)28-20/h3-11,13H,12H2,1-2H3. The van der Waals surface area contributed by atoms with Crippen LogP contribution in [0.5, 0.6) is 0 Å². The Labute approximate surface area is 171 Å².